The van der Waals surface area contributed by atoms with Gasteiger partial charge < -0.3 is 4.74 Å². The third kappa shape index (κ3) is 3.30. The summed E-state index contributed by atoms with van der Waals surface area (Å²) in [5, 5.41) is 8.91. The van der Waals surface area contributed by atoms with E-state index in [0.717, 1.165) is 12.8 Å². The number of hydrogen-bond donors (Lipinski definition) is 1. The van der Waals surface area contributed by atoms with Gasteiger partial charge in [0, 0.05) is 12.6 Å². The minimum absolute atomic E-state index is 0.0475. The second kappa shape index (κ2) is 6.10. The lowest BCUT2D eigenvalue weighted by atomic mass is 10.1. The minimum atomic E-state index is -3.67. The van der Waals surface area contributed by atoms with Crippen molar-refractivity contribution in [3.8, 4) is 6.07 Å². The van der Waals surface area contributed by atoms with Gasteiger partial charge in [0.15, 0.2) is 0 Å². The Bertz CT molecular complexity index is 634. The molecule has 0 unspecified atom stereocenters. The van der Waals surface area contributed by atoms with Crippen LogP contribution in [0.5, 0.6) is 0 Å². The first-order valence-corrected chi connectivity index (χ1v) is 8.14. The Hall–Kier alpha value is -1.13. The molecule has 1 aliphatic rings. The first-order valence-electron chi connectivity index (χ1n) is 6.27. The van der Waals surface area contributed by atoms with E-state index >= 15 is 0 Å². The molecule has 1 N–H and O–H groups in total. The SMILES string of the molecule is C[C@H](NS(=O)(=O)c1ccc(C#N)c(Cl)c1)[C@H]1CCCO1. The molecule has 0 aliphatic carbocycles. The third-order valence-electron chi connectivity index (χ3n) is 3.23. The molecule has 1 heterocycles. The molecule has 0 spiro atoms. The van der Waals surface area contributed by atoms with Gasteiger partial charge in [-0.1, -0.05) is 11.6 Å². The van der Waals surface area contributed by atoms with Crippen molar-refractivity contribution in [1.29, 1.82) is 5.26 Å². The molecule has 0 aromatic heterocycles. The summed E-state index contributed by atoms with van der Waals surface area (Å²) in [5.74, 6) is 0. The van der Waals surface area contributed by atoms with E-state index in [1.165, 1.54) is 18.2 Å². The van der Waals surface area contributed by atoms with Gasteiger partial charge in [0.05, 0.1) is 21.6 Å². The highest BCUT2D eigenvalue weighted by Gasteiger charge is 2.27. The molecule has 108 valence electrons. The maximum atomic E-state index is 12.2. The quantitative estimate of drug-likeness (QED) is 0.922. The van der Waals surface area contributed by atoms with Crippen molar-refractivity contribution in [3.05, 3.63) is 28.8 Å². The van der Waals surface area contributed by atoms with E-state index in [1.54, 1.807) is 6.92 Å². The van der Waals surface area contributed by atoms with Gasteiger partial charge in [-0.05, 0) is 38.0 Å². The molecule has 0 amide bonds. The van der Waals surface area contributed by atoms with Crippen LogP contribution in [0.25, 0.3) is 0 Å². The van der Waals surface area contributed by atoms with Gasteiger partial charge in [0.25, 0.3) is 0 Å². The summed E-state index contributed by atoms with van der Waals surface area (Å²) in [7, 11) is -3.67. The first kappa shape index (κ1) is 15.3. The number of nitriles is 1. The zero-order chi connectivity index (χ0) is 14.8. The molecule has 2 atom stereocenters. The molecule has 0 radical (unpaired) electrons. The molecule has 0 saturated carbocycles. The van der Waals surface area contributed by atoms with Crippen LogP contribution < -0.4 is 4.72 Å². The summed E-state index contributed by atoms with van der Waals surface area (Å²) < 4.78 is 32.5. The second-order valence-corrected chi connectivity index (χ2v) is 6.84. The van der Waals surface area contributed by atoms with Crippen molar-refractivity contribution in [2.24, 2.45) is 0 Å². The van der Waals surface area contributed by atoms with Gasteiger partial charge in [-0.15, -0.1) is 0 Å². The first-order chi connectivity index (χ1) is 9.44. The fourth-order valence-electron chi connectivity index (χ4n) is 2.14. The standard InChI is InChI=1S/C13H15ClN2O3S/c1-9(13-3-2-6-19-13)16-20(17,18)11-5-4-10(8-15)12(14)7-11/h4-5,7,9,13,16H,2-3,6H2,1H3/t9-,13+/m0/s1. The molecular weight excluding hydrogens is 300 g/mol. The second-order valence-electron chi connectivity index (χ2n) is 4.71. The molecule has 2 rings (SSSR count). The number of nitrogens with zero attached hydrogens (tertiary/aromatic N) is 1. The van der Waals surface area contributed by atoms with Crippen LogP contribution in [0.3, 0.4) is 0 Å². The maximum Gasteiger partial charge on any atom is 0.240 e. The number of nitrogens with one attached hydrogen (secondary N) is 1. The lowest BCUT2D eigenvalue weighted by molar-refractivity contribution is 0.0902. The Kier molecular flexibility index (Phi) is 4.66. The number of sulfonamides is 1. The third-order valence-corrected chi connectivity index (χ3v) is 5.10. The Morgan fingerprint density at radius 1 is 1.55 bits per heavy atom. The summed E-state index contributed by atoms with van der Waals surface area (Å²) in [6.45, 7) is 2.44. The van der Waals surface area contributed by atoms with Crippen molar-refractivity contribution in [1.82, 2.24) is 4.72 Å². The molecular formula is C13H15ClN2O3S. The van der Waals surface area contributed by atoms with Crippen LogP contribution in [-0.2, 0) is 14.8 Å². The van der Waals surface area contributed by atoms with Gasteiger partial charge in [0.2, 0.25) is 10.0 Å². The van der Waals surface area contributed by atoms with Crippen LogP contribution in [0.15, 0.2) is 23.1 Å². The average Bonchev–Trinajstić information content (AvgIpc) is 2.92. The Balaban J connectivity index is 2.18. The van der Waals surface area contributed by atoms with E-state index in [9.17, 15) is 8.42 Å². The van der Waals surface area contributed by atoms with Crippen molar-refractivity contribution >= 4 is 21.6 Å². The van der Waals surface area contributed by atoms with E-state index in [4.69, 9.17) is 21.6 Å². The highest BCUT2D eigenvalue weighted by Crippen LogP contribution is 2.22. The number of benzene rings is 1. The van der Waals surface area contributed by atoms with Crippen LogP contribution in [0.4, 0.5) is 0 Å². The molecule has 0 bridgehead atoms. The fraction of sp³-hybridized carbons (Fsp3) is 0.462. The van der Waals surface area contributed by atoms with E-state index in [0.29, 0.717) is 6.61 Å². The summed E-state index contributed by atoms with van der Waals surface area (Å²) in [5.41, 5.74) is 0.248. The Morgan fingerprint density at radius 3 is 2.85 bits per heavy atom. The van der Waals surface area contributed by atoms with E-state index in [-0.39, 0.29) is 27.6 Å². The van der Waals surface area contributed by atoms with E-state index in [1.807, 2.05) is 6.07 Å². The Morgan fingerprint density at radius 2 is 2.30 bits per heavy atom. The zero-order valence-electron chi connectivity index (χ0n) is 11.0. The Labute approximate surface area is 123 Å². The van der Waals surface area contributed by atoms with Crippen LogP contribution >= 0.6 is 11.6 Å². The van der Waals surface area contributed by atoms with Crippen LogP contribution in [0, 0.1) is 11.3 Å². The summed E-state index contributed by atoms with van der Waals surface area (Å²) in [4.78, 5) is 0.0475. The summed E-state index contributed by atoms with van der Waals surface area (Å²) in [6, 6.07) is 5.63. The zero-order valence-corrected chi connectivity index (χ0v) is 12.5. The van der Waals surface area contributed by atoms with Gasteiger partial charge in [-0.3, -0.25) is 0 Å². The number of halogens is 1. The highest BCUT2D eigenvalue weighted by atomic mass is 35.5. The van der Waals surface area contributed by atoms with Gasteiger partial charge in [-0.25, -0.2) is 13.1 Å². The number of hydrogen-bond acceptors (Lipinski definition) is 4. The molecule has 1 saturated heterocycles. The molecule has 1 aromatic carbocycles. The predicted molar refractivity (Wildman–Crippen MR) is 74.9 cm³/mol. The molecule has 20 heavy (non-hydrogen) atoms. The fourth-order valence-corrected chi connectivity index (χ4v) is 3.72. The largest absolute Gasteiger partial charge is 0.377 e. The minimum Gasteiger partial charge on any atom is -0.377 e. The van der Waals surface area contributed by atoms with Gasteiger partial charge in [0.1, 0.15) is 6.07 Å². The molecule has 7 heteroatoms. The van der Waals surface area contributed by atoms with E-state index < -0.39 is 10.0 Å². The summed E-state index contributed by atoms with van der Waals surface area (Å²) >= 11 is 5.86. The number of rotatable bonds is 4. The van der Waals surface area contributed by atoms with Crippen molar-refractivity contribution < 1.29 is 13.2 Å². The van der Waals surface area contributed by atoms with Gasteiger partial charge in [-0.2, -0.15) is 5.26 Å². The van der Waals surface area contributed by atoms with Crippen molar-refractivity contribution in [3.63, 3.8) is 0 Å². The molecule has 1 fully saturated rings. The van der Waals surface area contributed by atoms with Crippen molar-refractivity contribution in [2.75, 3.05) is 6.61 Å². The predicted octanol–water partition coefficient (Wildman–Crippen LogP) is 2.06. The van der Waals surface area contributed by atoms with E-state index in [2.05, 4.69) is 4.72 Å². The monoisotopic (exact) mass is 314 g/mol. The number of ether oxygens (including phenoxy) is 1. The van der Waals surface area contributed by atoms with Crippen molar-refractivity contribution in [2.45, 2.75) is 36.8 Å². The van der Waals surface area contributed by atoms with Crippen LogP contribution in [0.2, 0.25) is 5.02 Å². The maximum absolute atomic E-state index is 12.2. The molecule has 1 aliphatic heterocycles. The van der Waals surface area contributed by atoms with Gasteiger partial charge >= 0.3 is 0 Å². The van der Waals surface area contributed by atoms with Crippen LogP contribution in [0.1, 0.15) is 25.3 Å². The smallest absolute Gasteiger partial charge is 0.240 e. The lowest BCUT2D eigenvalue weighted by Crippen LogP contribution is -2.40. The molecule has 5 nitrogen and oxygen atoms in total. The molecule has 1 aromatic rings. The topological polar surface area (TPSA) is 79.2 Å². The lowest BCUT2D eigenvalue weighted by Gasteiger charge is -2.20. The average molecular weight is 315 g/mol. The normalized spacial score (nSPS) is 20.6. The van der Waals surface area contributed by atoms with Crippen LogP contribution in [-0.4, -0.2) is 27.2 Å². The summed E-state index contributed by atoms with van der Waals surface area (Å²) in [6.07, 6.45) is 1.69. The highest BCUT2D eigenvalue weighted by molar-refractivity contribution is 7.89.